The molecule has 0 bridgehead atoms. The van der Waals surface area contributed by atoms with Gasteiger partial charge in [-0.1, -0.05) is 24.6 Å². The monoisotopic (exact) mass is 220 g/mol. The van der Waals surface area contributed by atoms with E-state index in [0.29, 0.717) is 18.3 Å². The molecule has 16 heavy (non-hydrogen) atoms. The maximum atomic E-state index is 10.1. The molecular weight excluding hydrogens is 200 g/mol. The molecule has 1 fully saturated rings. The van der Waals surface area contributed by atoms with E-state index in [0.717, 1.165) is 17.7 Å². The van der Waals surface area contributed by atoms with Gasteiger partial charge in [0.25, 0.3) is 0 Å². The lowest BCUT2D eigenvalue weighted by molar-refractivity contribution is 0.145. The van der Waals surface area contributed by atoms with Crippen LogP contribution in [0.3, 0.4) is 0 Å². The van der Waals surface area contributed by atoms with Crippen LogP contribution < -0.4 is 4.74 Å². The van der Waals surface area contributed by atoms with Crippen LogP contribution in [0, 0.1) is 18.8 Å². The summed E-state index contributed by atoms with van der Waals surface area (Å²) in [6.45, 7) is 4.26. The SMILES string of the molecule is COc1ccc(C)cc1CC(O)C1CC1C. The fourth-order valence-corrected chi connectivity index (χ4v) is 2.33. The predicted molar refractivity (Wildman–Crippen MR) is 64.7 cm³/mol. The summed E-state index contributed by atoms with van der Waals surface area (Å²) in [4.78, 5) is 0. The summed E-state index contributed by atoms with van der Waals surface area (Å²) >= 11 is 0. The third kappa shape index (κ3) is 2.38. The first-order chi connectivity index (χ1) is 7.61. The Morgan fingerprint density at radius 3 is 2.75 bits per heavy atom. The number of hydrogen-bond acceptors (Lipinski definition) is 2. The van der Waals surface area contributed by atoms with Crippen LogP contribution in [0.2, 0.25) is 0 Å². The Labute approximate surface area is 97.3 Å². The molecule has 1 aliphatic rings. The van der Waals surface area contributed by atoms with E-state index in [-0.39, 0.29) is 6.10 Å². The molecular formula is C14H20O2. The summed E-state index contributed by atoms with van der Waals surface area (Å²) in [6, 6.07) is 6.12. The first-order valence-corrected chi connectivity index (χ1v) is 5.93. The van der Waals surface area contributed by atoms with Crippen LogP contribution in [0.4, 0.5) is 0 Å². The molecule has 1 saturated carbocycles. The maximum Gasteiger partial charge on any atom is 0.122 e. The highest BCUT2D eigenvalue weighted by Crippen LogP contribution is 2.42. The molecule has 3 atom stereocenters. The Hall–Kier alpha value is -1.02. The molecule has 1 N–H and O–H groups in total. The number of methoxy groups -OCH3 is 1. The summed E-state index contributed by atoms with van der Waals surface area (Å²) < 4.78 is 5.32. The van der Waals surface area contributed by atoms with Gasteiger partial charge in [0.05, 0.1) is 13.2 Å². The van der Waals surface area contributed by atoms with Gasteiger partial charge in [-0.05, 0) is 36.8 Å². The van der Waals surface area contributed by atoms with Crippen LogP contribution >= 0.6 is 0 Å². The van der Waals surface area contributed by atoms with Gasteiger partial charge in [0, 0.05) is 6.42 Å². The van der Waals surface area contributed by atoms with Crippen LogP contribution in [0.5, 0.6) is 5.75 Å². The van der Waals surface area contributed by atoms with Gasteiger partial charge in [-0.2, -0.15) is 0 Å². The number of benzene rings is 1. The van der Waals surface area contributed by atoms with Crippen molar-refractivity contribution in [3.8, 4) is 5.75 Å². The highest BCUT2D eigenvalue weighted by molar-refractivity contribution is 5.37. The highest BCUT2D eigenvalue weighted by Gasteiger charge is 2.38. The number of ether oxygens (including phenoxy) is 1. The Morgan fingerprint density at radius 2 is 2.19 bits per heavy atom. The van der Waals surface area contributed by atoms with Crippen molar-refractivity contribution in [1.29, 1.82) is 0 Å². The van der Waals surface area contributed by atoms with Gasteiger partial charge in [0.2, 0.25) is 0 Å². The van der Waals surface area contributed by atoms with Gasteiger partial charge in [-0.3, -0.25) is 0 Å². The second kappa shape index (κ2) is 4.46. The predicted octanol–water partition coefficient (Wildman–Crippen LogP) is 2.56. The Morgan fingerprint density at radius 1 is 1.50 bits per heavy atom. The molecule has 0 spiro atoms. The van der Waals surface area contributed by atoms with Crippen molar-refractivity contribution in [3.05, 3.63) is 29.3 Å². The van der Waals surface area contributed by atoms with Crippen molar-refractivity contribution in [2.45, 2.75) is 32.8 Å². The number of aliphatic hydroxyl groups is 1. The van der Waals surface area contributed by atoms with Crippen molar-refractivity contribution in [2.75, 3.05) is 7.11 Å². The molecule has 1 aromatic carbocycles. The minimum Gasteiger partial charge on any atom is -0.496 e. The van der Waals surface area contributed by atoms with E-state index in [2.05, 4.69) is 19.9 Å². The van der Waals surface area contributed by atoms with Crippen molar-refractivity contribution < 1.29 is 9.84 Å². The van der Waals surface area contributed by atoms with Crippen molar-refractivity contribution in [2.24, 2.45) is 11.8 Å². The largest absolute Gasteiger partial charge is 0.496 e. The summed E-state index contributed by atoms with van der Waals surface area (Å²) in [5.41, 5.74) is 2.33. The molecule has 0 amide bonds. The Balaban J connectivity index is 2.10. The zero-order valence-corrected chi connectivity index (χ0v) is 10.2. The van der Waals surface area contributed by atoms with E-state index in [1.165, 1.54) is 5.56 Å². The van der Waals surface area contributed by atoms with E-state index in [9.17, 15) is 5.11 Å². The zero-order chi connectivity index (χ0) is 11.7. The lowest BCUT2D eigenvalue weighted by Crippen LogP contribution is -2.14. The van der Waals surface area contributed by atoms with Crippen LogP contribution in [0.15, 0.2) is 18.2 Å². The second-order valence-corrected chi connectivity index (χ2v) is 4.96. The molecule has 88 valence electrons. The molecule has 3 unspecified atom stereocenters. The molecule has 0 saturated heterocycles. The van der Waals surface area contributed by atoms with E-state index >= 15 is 0 Å². The molecule has 0 heterocycles. The number of aryl methyl sites for hydroxylation is 1. The Bertz CT molecular complexity index is 373. The van der Waals surface area contributed by atoms with Crippen molar-refractivity contribution in [3.63, 3.8) is 0 Å². The third-order valence-corrected chi connectivity index (χ3v) is 3.53. The fraction of sp³-hybridized carbons (Fsp3) is 0.571. The molecule has 1 aliphatic carbocycles. The molecule has 2 nitrogen and oxygen atoms in total. The topological polar surface area (TPSA) is 29.5 Å². The average Bonchev–Trinajstić information content (AvgIpc) is 2.96. The molecule has 2 heteroatoms. The van der Waals surface area contributed by atoms with Crippen molar-refractivity contribution >= 4 is 0 Å². The van der Waals surface area contributed by atoms with Gasteiger partial charge in [-0.15, -0.1) is 0 Å². The van der Waals surface area contributed by atoms with Crippen molar-refractivity contribution in [1.82, 2.24) is 0 Å². The van der Waals surface area contributed by atoms with Crippen LogP contribution in [-0.4, -0.2) is 18.3 Å². The lowest BCUT2D eigenvalue weighted by atomic mass is 10.0. The fourth-order valence-electron chi connectivity index (χ4n) is 2.33. The summed E-state index contributed by atoms with van der Waals surface area (Å²) in [5.74, 6) is 2.06. The zero-order valence-electron chi connectivity index (χ0n) is 10.2. The van der Waals surface area contributed by atoms with Gasteiger partial charge in [0.1, 0.15) is 5.75 Å². The molecule has 2 rings (SSSR count). The summed E-state index contributed by atoms with van der Waals surface area (Å²) in [6.07, 6.45) is 1.65. The summed E-state index contributed by atoms with van der Waals surface area (Å²) in [7, 11) is 1.68. The molecule has 0 aromatic heterocycles. The van der Waals surface area contributed by atoms with Crippen LogP contribution in [-0.2, 0) is 6.42 Å². The average molecular weight is 220 g/mol. The van der Waals surface area contributed by atoms with Crippen LogP contribution in [0.25, 0.3) is 0 Å². The van der Waals surface area contributed by atoms with Gasteiger partial charge in [0.15, 0.2) is 0 Å². The number of aliphatic hydroxyl groups excluding tert-OH is 1. The second-order valence-electron chi connectivity index (χ2n) is 4.96. The maximum absolute atomic E-state index is 10.1. The summed E-state index contributed by atoms with van der Waals surface area (Å²) in [5, 5.41) is 10.1. The number of hydrogen-bond donors (Lipinski definition) is 1. The minimum atomic E-state index is -0.217. The molecule has 0 radical (unpaired) electrons. The standard InChI is InChI=1S/C14H20O2/c1-9-4-5-14(16-3)11(6-9)8-13(15)12-7-10(12)2/h4-6,10,12-13,15H,7-8H2,1-3H3. The third-order valence-electron chi connectivity index (χ3n) is 3.53. The van der Waals surface area contributed by atoms with E-state index < -0.39 is 0 Å². The highest BCUT2D eigenvalue weighted by atomic mass is 16.5. The van der Waals surface area contributed by atoms with Crippen LogP contribution in [0.1, 0.15) is 24.5 Å². The van der Waals surface area contributed by atoms with E-state index in [1.54, 1.807) is 7.11 Å². The van der Waals surface area contributed by atoms with Gasteiger partial charge in [-0.25, -0.2) is 0 Å². The number of rotatable bonds is 4. The quantitative estimate of drug-likeness (QED) is 0.845. The normalized spacial score (nSPS) is 25.2. The lowest BCUT2D eigenvalue weighted by Gasteiger charge is -2.13. The minimum absolute atomic E-state index is 0.217. The van der Waals surface area contributed by atoms with Gasteiger partial charge < -0.3 is 9.84 Å². The first kappa shape index (κ1) is 11.5. The first-order valence-electron chi connectivity index (χ1n) is 5.93. The molecule has 1 aromatic rings. The van der Waals surface area contributed by atoms with E-state index in [4.69, 9.17) is 4.74 Å². The van der Waals surface area contributed by atoms with Gasteiger partial charge >= 0.3 is 0 Å². The smallest absolute Gasteiger partial charge is 0.122 e. The van der Waals surface area contributed by atoms with E-state index in [1.807, 2.05) is 12.1 Å². The molecule has 0 aliphatic heterocycles. The Kier molecular flexibility index (Phi) is 3.20.